The molecule has 3 heterocycles. The van der Waals surface area contributed by atoms with Gasteiger partial charge in [0.2, 0.25) is 0 Å². The number of hydrogen-bond donors (Lipinski definition) is 1. The molecule has 5 aromatic rings. The van der Waals surface area contributed by atoms with Gasteiger partial charge in [0, 0.05) is 29.5 Å². The lowest BCUT2D eigenvalue weighted by atomic mass is 10.0. The molecule has 3 aromatic carbocycles. The molecule has 0 unspecified atom stereocenters. The first kappa shape index (κ1) is 22.3. The number of nitrogens with one attached hydrogen (secondary N) is 1. The molecule has 1 aliphatic rings. The normalized spacial score (nSPS) is 17.4. The van der Waals surface area contributed by atoms with Crippen LogP contribution in [0.1, 0.15) is 30.4 Å². The van der Waals surface area contributed by atoms with Crippen LogP contribution in [0.25, 0.3) is 16.5 Å². The summed E-state index contributed by atoms with van der Waals surface area (Å²) in [5.41, 5.74) is 4.19. The second-order valence-corrected chi connectivity index (χ2v) is 9.14. The van der Waals surface area contributed by atoms with Gasteiger partial charge >= 0.3 is 0 Å². The summed E-state index contributed by atoms with van der Waals surface area (Å²) in [5, 5.41) is 6.66. The lowest BCUT2D eigenvalue weighted by Crippen LogP contribution is -2.30. The van der Waals surface area contributed by atoms with E-state index < -0.39 is 0 Å². The van der Waals surface area contributed by atoms with Crippen LogP contribution in [-0.2, 0) is 0 Å². The van der Waals surface area contributed by atoms with Crippen LogP contribution in [0.2, 0.25) is 0 Å². The third-order valence-electron chi connectivity index (χ3n) is 6.62. The van der Waals surface area contributed by atoms with E-state index in [1.807, 2.05) is 37.4 Å². The minimum Gasteiger partial charge on any atom is -0.494 e. The largest absolute Gasteiger partial charge is 0.494 e. The summed E-state index contributed by atoms with van der Waals surface area (Å²) in [5.74, 6) is 0.844. The van der Waals surface area contributed by atoms with Crippen LogP contribution >= 0.6 is 12.2 Å². The highest BCUT2D eigenvalue weighted by Gasteiger charge is 2.42. The molecule has 1 fully saturated rings. The van der Waals surface area contributed by atoms with Crippen molar-refractivity contribution in [1.29, 1.82) is 0 Å². The van der Waals surface area contributed by atoms with Crippen LogP contribution < -0.4 is 15.0 Å². The molecule has 36 heavy (non-hydrogen) atoms. The molecule has 2 aromatic heterocycles. The van der Waals surface area contributed by atoms with Crippen LogP contribution in [0.15, 0.2) is 109 Å². The number of rotatable bonds is 6. The Morgan fingerprint density at radius 1 is 0.861 bits per heavy atom. The number of benzene rings is 3. The molecular weight excluding hydrogens is 464 g/mol. The smallest absolute Gasteiger partial charge is 0.174 e. The minimum atomic E-state index is -0.112. The van der Waals surface area contributed by atoms with Crippen LogP contribution in [0, 0.1) is 0 Å². The Hall–Kier alpha value is -4.16. The standard InChI is InChI=1S/C30H26N4OS/c1-2-35-25-16-14-23(15-17-25)34-29(28(32-30(34)36)26-10-5-6-18-31-26)27-11-7-19-33(27)24-13-12-21-8-3-4-9-22(21)20-24/h3-20,28-29H,2H2,1H3,(H,32,36)/t28-,29-/m1/s1. The van der Waals surface area contributed by atoms with E-state index in [1.54, 1.807) is 0 Å². The number of anilines is 1. The molecule has 6 heteroatoms. The first-order valence-electron chi connectivity index (χ1n) is 12.1. The van der Waals surface area contributed by atoms with Crippen molar-refractivity contribution >= 4 is 33.8 Å². The highest BCUT2D eigenvalue weighted by atomic mass is 32.1. The van der Waals surface area contributed by atoms with Gasteiger partial charge in [-0.1, -0.05) is 36.4 Å². The Kier molecular flexibility index (Phi) is 5.87. The molecule has 6 rings (SSSR count). The highest BCUT2D eigenvalue weighted by Crippen LogP contribution is 2.42. The summed E-state index contributed by atoms with van der Waals surface area (Å²) in [7, 11) is 0. The van der Waals surface area contributed by atoms with Gasteiger partial charge in [0.1, 0.15) is 11.8 Å². The molecule has 2 atom stereocenters. The van der Waals surface area contributed by atoms with Crippen LogP contribution in [0.3, 0.4) is 0 Å². The van der Waals surface area contributed by atoms with E-state index >= 15 is 0 Å². The molecule has 0 saturated carbocycles. The molecule has 0 aliphatic carbocycles. The molecule has 0 spiro atoms. The summed E-state index contributed by atoms with van der Waals surface area (Å²) >= 11 is 5.90. The monoisotopic (exact) mass is 490 g/mol. The first-order chi connectivity index (χ1) is 17.7. The van der Waals surface area contributed by atoms with Crippen molar-refractivity contribution < 1.29 is 4.74 Å². The maximum absolute atomic E-state index is 5.90. The zero-order valence-electron chi connectivity index (χ0n) is 19.9. The lowest BCUT2D eigenvalue weighted by Gasteiger charge is -2.29. The summed E-state index contributed by atoms with van der Waals surface area (Å²) in [6.07, 6.45) is 3.95. The van der Waals surface area contributed by atoms with Gasteiger partial charge in [0.05, 0.1) is 18.3 Å². The zero-order valence-corrected chi connectivity index (χ0v) is 20.7. The number of aromatic nitrogens is 2. The van der Waals surface area contributed by atoms with Crippen molar-refractivity contribution in [1.82, 2.24) is 14.9 Å². The van der Waals surface area contributed by atoms with Gasteiger partial charge in [0.25, 0.3) is 0 Å². The van der Waals surface area contributed by atoms with Crippen molar-refractivity contribution in [3.05, 3.63) is 121 Å². The van der Waals surface area contributed by atoms with E-state index in [1.165, 1.54) is 10.8 Å². The summed E-state index contributed by atoms with van der Waals surface area (Å²) in [6, 6.07) is 33.2. The molecule has 1 N–H and O–H groups in total. The van der Waals surface area contributed by atoms with Gasteiger partial charge < -0.3 is 19.5 Å². The molecule has 178 valence electrons. The van der Waals surface area contributed by atoms with Gasteiger partial charge in [-0.3, -0.25) is 4.98 Å². The molecule has 1 saturated heterocycles. The third-order valence-corrected chi connectivity index (χ3v) is 6.93. The van der Waals surface area contributed by atoms with Gasteiger partial charge in [-0.05, 0) is 90.6 Å². The van der Waals surface area contributed by atoms with E-state index in [4.69, 9.17) is 17.0 Å². The Balaban J connectivity index is 1.48. The van der Waals surface area contributed by atoms with E-state index in [9.17, 15) is 0 Å². The average Bonchev–Trinajstić information content (AvgIpc) is 3.54. The lowest BCUT2D eigenvalue weighted by molar-refractivity contribution is 0.340. The highest BCUT2D eigenvalue weighted by molar-refractivity contribution is 7.80. The Morgan fingerprint density at radius 2 is 1.64 bits per heavy atom. The maximum atomic E-state index is 5.90. The number of thiocarbonyl (C=S) groups is 1. The van der Waals surface area contributed by atoms with Crippen molar-refractivity contribution in [2.45, 2.75) is 19.0 Å². The number of pyridine rings is 1. The van der Waals surface area contributed by atoms with E-state index in [0.29, 0.717) is 11.7 Å². The zero-order chi connectivity index (χ0) is 24.5. The quantitative estimate of drug-likeness (QED) is 0.272. The SMILES string of the molecule is CCOc1ccc(N2C(=S)N[C@H](c3ccccn3)[C@H]2c2cccn2-c2ccc3ccccc3c2)cc1. The summed E-state index contributed by atoms with van der Waals surface area (Å²) in [4.78, 5) is 6.88. The molecule has 5 nitrogen and oxygen atoms in total. The first-order valence-corrected chi connectivity index (χ1v) is 12.5. The Morgan fingerprint density at radius 3 is 2.42 bits per heavy atom. The molecule has 0 amide bonds. The molecular formula is C30H26N4OS. The summed E-state index contributed by atoms with van der Waals surface area (Å²) in [6.45, 7) is 2.62. The molecule has 0 radical (unpaired) electrons. The van der Waals surface area contributed by atoms with Gasteiger partial charge in [-0.15, -0.1) is 0 Å². The maximum Gasteiger partial charge on any atom is 0.174 e. The van der Waals surface area contributed by atoms with Gasteiger partial charge in [-0.25, -0.2) is 0 Å². The van der Waals surface area contributed by atoms with Gasteiger partial charge in [-0.2, -0.15) is 0 Å². The Bertz CT molecular complexity index is 1510. The van der Waals surface area contributed by atoms with Crippen LogP contribution in [-0.4, -0.2) is 21.3 Å². The van der Waals surface area contributed by atoms with Crippen molar-refractivity contribution in [2.75, 3.05) is 11.5 Å². The van der Waals surface area contributed by atoms with Gasteiger partial charge in [0.15, 0.2) is 5.11 Å². The van der Waals surface area contributed by atoms with Crippen molar-refractivity contribution in [3.8, 4) is 11.4 Å². The number of nitrogens with zero attached hydrogens (tertiary/aromatic N) is 3. The fourth-order valence-corrected chi connectivity index (χ4v) is 5.35. The Labute approximate surface area is 216 Å². The number of ether oxygens (including phenoxy) is 1. The van der Waals surface area contributed by atoms with Crippen molar-refractivity contribution in [2.24, 2.45) is 0 Å². The van der Waals surface area contributed by atoms with Crippen LogP contribution in [0.5, 0.6) is 5.75 Å². The van der Waals surface area contributed by atoms with E-state index in [0.717, 1.165) is 28.5 Å². The second-order valence-electron chi connectivity index (χ2n) is 8.76. The predicted octanol–water partition coefficient (Wildman–Crippen LogP) is 6.60. The van der Waals surface area contributed by atoms with Crippen molar-refractivity contribution in [3.63, 3.8) is 0 Å². The van der Waals surface area contributed by atoms with Crippen LogP contribution in [0.4, 0.5) is 5.69 Å². The fraction of sp³-hybridized carbons (Fsp3) is 0.133. The van der Waals surface area contributed by atoms with E-state index in [2.05, 4.69) is 98.8 Å². The number of fused-ring (bicyclic) bond motifs is 1. The topological polar surface area (TPSA) is 42.3 Å². The predicted molar refractivity (Wildman–Crippen MR) is 149 cm³/mol. The summed E-state index contributed by atoms with van der Waals surface area (Å²) < 4.78 is 7.93. The fourth-order valence-electron chi connectivity index (χ4n) is 5.00. The number of hydrogen-bond acceptors (Lipinski definition) is 3. The third kappa shape index (κ3) is 3.99. The average molecular weight is 491 g/mol. The van der Waals surface area contributed by atoms with E-state index in [-0.39, 0.29) is 12.1 Å². The second kappa shape index (κ2) is 9.47. The molecule has 0 bridgehead atoms. The molecule has 1 aliphatic heterocycles. The minimum absolute atomic E-state index is 0.105.